The Morgan fingerprint density at radius 2 is 1.63 bits per heavy atom. The minimum Gasteiger partial charge on any atom is -0.332 e. The first-order valence-electron chi connectivity index (χ1n) is 9.61. The Kier molecular flexibility index (Phi) is 6.00. The zero-order valence-electron chi connectivity index (χ0n) is 16.0. The highest BCUT2D eigenvalue weighted by atomic mass is 32.2. The second-order valence-electron chi connectivity index (χ2n) is 7.39. The second kappa shape index (κ2) is 8.26. The van der Waals surface area contributed by atoms with Crippen LogP contribution in [0.1, 0.15) is 61.5 Å². The normalized spacial score (nSPS) is 18.3. The summed E-state index contributed by atoms with van der Waals surface area (Å²) < 4.78 is 24.6. The highest BCUT2D eigenvalue weighted by molar-refractivity contribution is 7.92. The molecule has 0 saturated carbocycles. The van der Waals surface area contributed by atoms with Gasteiger partial charge in [0, 0.05) is 12.1 Å². The molecule has 5 heteroatoms. The van der Waals surface area contributed by atoms with E-state index in [0.717, 1.165) is 37.8 Å². The van der Waals surface area contributed by atoms with Gasteiger partial charge in [0.25, 0.3) is 5.91 Å². The van der Waals surface area contributed by atoms with Crippen molar-refractivity contribution >= 4 is 15.7 Å². The van der Waals surface area contributed by atoms with Gasteiger partial charge in [0.1, 0.15) is 0 Å². The summed E-state index contributed by atoms with van der Waals surface area (Å²) in [5, 5.41) is -0.480. The standard InChI is InChI=1S/C22H27NO3S/c1-17(2)27(25,26)20-14-12-19(13-15-20)22(24)23-16-8-4-7-11-21(23)18-9-5-3-6-10-18/h3,5-6,9-10,12-15,17,21H,4,7-8,11,16H2,1-2H3. The monoisotopic (exact) mass is 385 g/mol. The van der Waals surface area contributed by atoms with E-state index in [1.807, 2.05) is 23.1 Å². The number of benzene rings is 2. The number of nitrogens with zero attached hydrogens (tertiary/aromatic N) is 1. The fourth-order valence-corrected chi connectivity index (χ4v) is 4.66. The van der Waals surface area contributed by atoms with Crippen molar-refractivity contribution in [3.05, 3.63) is 65.7 Å². The summed E-state index contributed by atoms with van der Waals surface area (Å²) in [6, 6.07) is 16.6. The molecule has 0 aromatic heterocycles. The maximum atomic E-state index is 13.2. The molecular weight excluding hydrogens is 358 g/mol. The lowest BCUT2D eigenvalue weighted by Crippen LogP contribution is -2.34. The van der Waals surface area contributed by atoms with Crippen LogP contribution in [0.3, 0.4) is 0 Å². The molecule has 4 nitrogen and oxygen atoms in total. The number of sulfone groups is 1. The number of hydrogen-bond acceptors (Lipinski definition) is 3. The van der Waals surface area contributed by atoms with Crippen LogP contribution in [-0.4, -0.2) is 31.0 Å². The van der Waals surface area contributed by atoms with E-state index in [1.165, 1.54) is 0 Å². The fraction of sp³-hybridized carbons (Fsp3) is 0.409. The fourth-order valence-electron chi connectivity index (χ4n) is 3.60. The van der Waals surface area contributed by atoms with Crippen LogP contribution in [0.5, 0.6) is 0 Å². The molecule has 0 bridgehead atoms. The van der Waals surface area contributed by atoms with Crippen molar-refractivity contribution in [1.29, 1.82) is 0 Å². The van der Waals surface area contributed by atoms with E-state index < -0.39 is 15.1 Å². The number of carbonyl (C=O) groups is 1. The quantitative estimate of drug-likeness (QED) is 0.771. The Hall–Kier alpha value is -2.14. The zero-order chi connectivity index (χ0) is 19.4. The van der Waals surface area contributed by atoms with Crippen molar-refractivity contribution in [2.24, 2.45) is 0 Å². The number of rotatable bonds is 4. The molecule has 1 aliphatic heterocycles. The number of likely N-dealkylation sites (tertiary alicyclic amines) is 1. The molecule has 1 heterocycles. The van der Waals surface area contributed by atoms with Crippen LogP contribution >= 0.6 is 0 Å². The average Bonchev–Trinajstić information content (AvgIpc) is 2.94. The third-order valence-corrected chi connectivity index (χ3v) is 7.42. The summed E-state index contributed by atoms with van der Waals surface area (Å²) in [4.78, 5) is 15.4. The molecule has 1 atom stereocenters. The van der Waals surface area contributed by atoms with Crippen LogP contribution in [0.2, 0.25) is 0 Å². The number of amides is 1. The minimum atomic E-state index is -3.33. The molecule has 1 aliphatic rings. The van der Waals surface area contributed by atoms with Crippen LogP contribution in [0.15, 0.2) is 59.5 Å². The van der Waals surface area contributed by atoms with E-state index in [0.29, 0.717) is 5.56 Å². The molecule has 1 unspecified atom stereocenters. The van der Waals surface area contributed by atoms with Crippen molar-refractivity contribution in [1.82, 2.24) is 4.90 Å². The molecule has 2 aromatic rings. The second-order valence-corrected chi connectivity index (χ2v) is 9.90. The zero-order valence-corrected chi connectivity index (χ0v) is 16.8. The molecule has 1 fully saturated rings. The molecule has 144 valence electrons. The third kappa shape index (κ3) is 4.24. The number of hydrogen-bond donors (Lipinski definition) is 0. The molecule has 1 saturated heterocycles. The summed E-state index contributed by atoms with van der Waals surface area (Å²) in [6.07, 6.45) is 4.18. The first-order chi connectivity index (χ1) is 12.9. The van der Waals surface area contributed by atoms with Crippen LogP contribution in [0.4, 0.5) is 0 Å². The van der Waals surface area contributed by atoms with Crippen LogP contribution in [0, 0.1) is 0 Å². The van der Waals surface area contributed by atoms with Crippen LogP contribution < -0.4 is 0 Å². The topological polar surface area (TPSA) is 54.5 Å². The smallest absolute Gasteiger partial charge is 0.254 e. The van der Waals surface area contributed by atoms with Crippen LogP contribution in [0.25, 0.3) is 0 Å². The first kappa shape index (κ1) is 19.6. The summed E-state index contributed by atoms with van der Waals surface area (Å²) >= 11 is 0. The van der Waals surface area contributed by atoms with Gasteiger partial charge in [0.2, 0.25) is 0 Å². The molecule has 2 aromatic carbocycles. The lowest BCUT2D eigenvalue weighted by atomic mass is 10.00. The maximum absolute atomic E-state index is 13.2. The van der Waals surface area contributed by atoms with Gasteiger partial charge in [-0.3, -0.25) is 4.79 Å². The summed E-state index contributed by atoms with van der Waals surface area (Å²) in [7, 11) is -3.33. The first-order valence-corrected chi connectivity index (χ1v) is 11.2. The third-order valence-electron chi connectivity index (χ3n) is 5.25. The van der Waals surface area contributed by atoms with Gasteiger partial charge in [-0.1, -0.05) is 43.2 Å². The van der Waals surface area contributed by atoms with Gasteiger partial charge in [-0.25, -0.2) is 8.42 Å². The van der Waals surface area contributed by atoms with E-state index in [9.17, 15) is 13.2 Å². The molecule has 3 rings (SSSR count). The van der Waals surface area contributed by atoms with Crippen molar-refractivity contribution in [3.8, 4) is 0 Å². The van der Waals surface area contributed by atoms with E-state index >= 15 is 0 Å². The van der Waals surface area contributed by atoms with E-state index in [-0.39, 0.29) is 16.8 Å². The predicted molar refractivity (Wildman–Crippen MR) is 107 cm³/mol. The van der Waals surface area contributed by atoms with Crippen LogP contribution in [-0.2, 0) is 9.84 Å². The van der Waals surface area contributed by atoms with E-state index in [2.05, 4.69) is 12.1 Å². The summed E-state index contributed by atoms with van der Waals surface area (Å²) in [5.74, 6) is -0.0285. The molecule has 0 spiro atoms. The molecule has 1 amide bonds. The lowest BCUT2D eigenvalue weighted by molar-refractivity contribution is 0.0681. The van der Waals surface area contributed by atoms with Gasteiger partial charge in [-0.05, 0) is 56.5 Å². The average molecular weight is 386 g/mol. The molecule has 0 radical (unpaired) electrons. The molecule has 27 heavy (non-hydrogen) atoms. The van der Waals surface area contributed by atoms with Gasteiger partial charge < -0.3 is 4.90 Å². The van der Waals surface area contributed by atoms with Gasteiger partial charge in [0.15, 0.2) is 9.84 Å². The summed E-state index contributed by atoms with van der Waals surface area (Å²) in [5.41, 5.74) is 1.70. The van der Waals surface area contributed by atoms with Crippen molar-refractivity contribution in [2.45, 2.75) is 55.7 Å². The summed E-state index contributed by atoms with van der Waals surface area (Å²) in [6.45, 7) is 4.05. The minimum absolute atomic E-state index is 0.0285. The molecule has 0 N–H and O–H groups in total. The Morgan fingerprint density at radius 1 is 0.963 bits per heavy atom. The van der Waals surface area contributed by atoms with Crippen molar-refractivity contribution in [3.63, 3.8) is 0 Å². The highest BCUT2D eigenvalue weighted by Crippen LogP contribution is 2.31. The predicted octanol–water partition coefficient (Wildman–Crippen LogP) is 4.63. The Bertz CT molecular complexity index is 874. The highest BCUT2D eigenvalue weighted by Gasteiger charge is 2.28. The molecule has 0 aliphatic carbocycles. The van der Waals surface area contributed by atoms with Crippen molar-refractivity contribution < 1.29 is 13.2 Å². The Morgan fingerprint density at radius 3 is 2.26 bits per heavy atom. The SMILES string of the molecule is CC(C)S(=O)(=O)c1ccc(C(=O)N2CCCCCC2c2ccccc2)cc1. The maximum Gasteiger partial charge on any atom is 0.254 e. The van der Waals surface area contributed by atoms with Crippen molar-refractivity contribution in [2.75, 3.05) is 6.54 Å². The van der Waals surface area contributed by atoms with Gasteiger partial charge in [0.05, 0.1) is 16.2 Å². The lowest BCUT2D eigenvalue weighted by Gasteiger charge is -2.30. The Labute approximate surface area is 162 Å². The Balaban J connectivity index is 1.88. The van der Waals surface area contributed by atoms with E-state index in [1.54, 1.807) is 38.1 Å². The van der Waals surface area contributed by atoms with Gasteiger partial charge in [-0.2, -0.15) is 0 Å². The van der Waals surface area contributed by atoms with E-state index in [4.69, 9.17) is 0 Å². The van der Waals surface area contributed by atoms with Gasteiger partial charge >= 0.3 is 0 Å². The number of carbonyl (C=O) groups excluding carboxylic acids is 1. The molecular formula is C22H27NO3S. The largest absolute Gasteiger partial charge is 0.332 e. The van der Waals surface area contributed by atoms with Gasteiger partial charge in [-0.15, -0.1) is 0 Å².